The predicted molar refractivity (Wildman–Crippen MR) is 85.4 cm³/mol. The minimum absolute atomic E-state index is 0.231. The predicted octanol–water partition coefficient (Wildman–Crippen LogP) is 3.79. The molecule has 0 unspecified atom stereocenters. The maximum atomic E-state index is 4.60. The number of aromatic nitrogens is 1. The second-order valence-corrected chi connectivity index (χ2v) is 5.57. The minimum Gasteiger partial charge on any atom is -0.308 e. The number of nitrogens with one attached hydrogen (secondary N) is 1. The second-order valence-electron chi connectivity index (χ2n) is 5.57. The van der Waals surface area contributed by atoms with Crippen molar-refractivity contribution in [1.82, 2.24) is 10.3 Å². The molecule has 0 fully saturated rings. The first-order valence-corrected chi connectivity index (χ1v) is 6.94. The van der Waals surface area contributed by atoms with Crippen LogP contribution in [0.15, 0.2) is 42.6 Å². The zero-order valence-electron chi connectivity index (χ0n) is 12.9. The van der Waals surface area contributed by atoms with E-state index in [1.165, 1.54) is 16.8 Å². The first-order valence-electron chi connectivity index (χ1n) is 6.94. The molecule has 1 heterocycles. The SMILES string of the molecule is CNC(C)(C)N(c1ccccc1C)c1ncccc1C. The van der Waals surface area contributed by atoms with Crippen molar-refractivity contribution in [2.45, 2.75) is 33.4 Å². The number of hydrogen-bond donors (Lipinski definition) is 1. The summed E-state index contributed by atoms with van der Waals surface area (Å²) in [7, 11) is 1.98. The summed E-state index contributed by atoms with van der Waals surface area (Å²) in [6.07, 6.45) is 1.85. The second kappa shape index (κ2) is 5.63. The van der Waals surface area contributed by atoms with Crippen LogP contribution in [0.1, 0.15) is 25.0 Å². The molecule has 0 aliphatic rings. The largest absolute Gasteiger partial charge is 0.308 e. The molecule has 1 aromatic heterocycles. The molecule has 2 rings (SSSR count). The summed E-state index contributed by atoms with van der Waals surface area (Å²) in [5, 5.41) is 3.38. The Morgan fingerprint density at radius 2 is 1.65 bits per heavy atom. The molecule has 0 saturated carbocycles. The van der Waals surface area contributed by atoms with E-state index < -0.39 is 0 Å². The standard InChI is InChI=1S/C17H23N3/c1-13-9-6-7-11-15(13)20(17(3,4)18-5)16-14(2)10-8-12-19-16/h6-12,18H,1-5H3. The number of para-hydroxylation sites is 1. The number of hydrogen-bond acceptors (Lipinski definition) is 3. The molecule has 0 saturated heterocycles. The van der Waals surface area contributed by atoms with Crippen LogP contribution in [0.2, 0.25) is 0 Å². The molecule has 1 N–H and O–H groups in total. The van der Waals surface area contributed by atoms with E-state index in [9.17, 15) is 0 Å². The lowest BCUT2D eigenvalue weighted by Crippen LogP contribution is -2.51. The molecular weight excluding hydrogens is 246 g/mol. The van der Waals surface area contributed by atoms with Crippen LogP contribution < -0.4 is 10.2 Å². The van der Waals surface area contributed by atoms with Crippen molar-refractivity contribution in [3.63, 3.8) is 0 Å². The summed E-state index contributed by atoms with van der Waals surface area (Å²) in [6.45, 7) is 8.55. The number of aryl methyl sites for hydroxylation is 2. The lowest BCUT2D eigenvalue weighted by Gasteiger charge is -2.40. The average Bonchev–Trinajstić information content (AvgIpc) is 2.43. The van der Waals surface area contributed by atoms with Gasteiger partial charge in [-0.05, 0) is 58.0 Å². The molecule has 0 radical (unpaired) electrons. The van der Waals surface area contributed by atoms with Gasteiger partial charge in [-0.2, -0.15) is 0 Å². The van der Waals surface area contributed by atoms with Crippen molar-refractivity contribution in [2.75, 3.05) is 11.9 Å². The highest BCUT2D eigenvalue weighted by atomic mass is 15.3. The topological polar surface area (TPSA) is 28.2 Å². The van der Waals surface area contributed by atoms with Gasteiger partial charge in [-0.25, -0.2) is 4.98 Å². The number of anilines is 2. The van der Waals surface area contributed by atoms with Crippen molar-refractivity contribution >= 4 is 11.5 Å². The third-order valence-corrected chi connectivity index (χ3v) is 3.72. The molecule has 3 nitrogen and oxygen atoms in total. The van der Waals surface area contributed by atoms with Gasteiger partial charge in [0.25, 0.3) is 0 Å². The normalized spacial score (nSPS) is 11.4. The van der Waals surface area contributed by atoms with Crippen LogP contribution in [0.3, 0.4) is 0 Å². The maximum Gasteiger partial charge on any atom is 0.137 e. The third-order valence-electron chi connectivity index (χ3n) is 3.72. The molecule has 106 valence electrons. The quantitative estimate of drug-likeness (QED) is 0.856. The van der Waals surface area contributed by atoms with Gasteiger partial charge < -0.3 is 4.90 Å². The van der Waals surface area contributed by atoms with Gasteiger partial charge in [0.15, 0.2) is 0 Å². The average molecular weight is 269 g/mol. The Morgan fingerprint density at radius 3 is 2.25 bits per heavy atom. The molecule has 20 heavy (non-hydrogen) atoms. The Hall–Kier alpha value is -1.87. The molecule has 0 atom stereocenters. The molecule has 0 bridgehead atoms. The smallest absolute Gasteiger partial charge is 0.137 e. The number of benzene rings is 1. The highest BCUT2D eigenvalue weighted by molar-refractivity contribution is 5.67. The fraction of sp³-hybridized carbons (Fsp3) is 0.353. The first kappa shape index (κ1) is 14.5. The van der Waals surface area contributed by atoms with Crippen LogP contribution in [-0.4, -0.2) is 17.7 Å². The van der Waals surface area contributed by atoms with Crippen molar-refractivity contribution < 1.29 is 0 Å². The van der Waals surface area contributed by atoms with Crippen LogP contribution in [0, 0.1) is 13.8 Å². The molecular formula is C17H23N3. The number of nitrogens with zero attached hydrogens (tertiary/aromatic N) is 2. The van der Waals surface area contributed by atoms with Crippen molar-refractivity contribution in [3.05, 3.63) is 53.7 Å². The van der Waals surface area contributed by atoms with E-state index in [0.29, 0.717) is 0 Å². The third kappa shape index (κ3) is 2.68. The summed E-state index contributed by atoms with van der Waals surface area (Å²) in [4.78, 5) is 6.86. The lowest BCUT2D eigenvalue weighted by atomic mass is 10.1. The maximum absolute atomic E-state index is 4.60. The summed E-state index contributed by atoms with van der Waals surface area (Å²) in [5.41, 5.74) is 3.35. The van der Waals surface area contributed by atoms with E-state index in [1.807, 2.05) is 19.3 Å². The van der Waals surface area contributed by atoms with Crippen LogP contribution in [0.4, 0.5) is 11.5 Å². The molecule has 0 spiro atoms. The molecule has 1 aromatic carbocycles. The van der Waals surface area contributed by atoms with Gasteiger partial charge in [0.1, 0.15) is 5.82 Å². The van der Waals surface area contributed by atoms with E-state index in [-0.39, 0.29) is 5.66 Å². The number of rotatable bonds is 4. The van der Waals surface area contributed by atoms with Gasteiger partial charge in [-0.15, -0.1) is 0 Å². The lowest BCUT2D eigenvalue weighted by molar-refractivity contribution is 0.429. The fourth-order valence-electron chi connectivity index (χ4n) is 2.32. The summed E-state index contributed by atoms with van der Waals surface area (Å²) >= 11 is 0. The molecule has 3 heteroatoms. The Morgan fingerprint density at radius 1 is 1.00 bits per heavy atom. The van der Waals surface area contributed by atoms with Gasteiger partial charge in [-0.3, -0.25) is 5.32 Å². The van der Waals surface area contributed by atoms with Gasteiger partial charge in [0.05, 0.1) is 5.66 Å². The van der Waals surface area contributed by atoms with Crippen LogP contribution >= 0.6 is 0 Å². The summed E-state index contributed by atoms with van der Waals surface area (Å²) < 4.78 is 0. The van der Waals surface area contributed by atoms with E-state index in [2.05, 4.69) is 73.2 Å². The summed E-state index contributed by atoms with van der Waals surface area (Å²) in [6, 6.07) is 12.5. The summed E-state index contributed by atoms with van der Waals surface area (Å²) in [5.74, 6) is 0.987. The molecule has 2 aromatic rings. The van der Waals surface area contributed by atoms with Crippen LogP contribution in [0.25, 0.3) is 0 Å². The Labute approximate surface area is 121 Å². The van der Waals surface area contributed by atoms with Crippen molar-refractivity contribution in [3.8, 4) is 0 Å². The molecule has 0 aliphatic carbocycles. The molecule has 0 aliphatic heterocycles. The van der Waals surface area contributed by atoms with Gasteiger partial charge in [0, 0.05) is 11.9 Å². The van der Waals surface area contributed by atoms with Crippen LogP contribution in [-0.2, 0) is 0 Å². The number of pyridine rings is 1. The first-order chi connectivity index (χ1) is 9.47. The van der Waals surface area contributed by atoms with E-state index >= 15 is 0 Å². The van der Waals surface area contributed by atoms with Gasteiger partial charge in [-0.1, -0.05) is 24.3 Å². The van der Waals surface area contributed by atoms with Gasteiger partial charge >= 0.3 is 0 Å². The zero-order valence-corrected chi connectivity index (χ0v) is 12.9. The Balaban J connectivity index is 2.64. The highest BCUT2D eigenvalue weighted by Gasteiger charge is 2.29. The minimum atomic E-state index is -0.231. The van der Waals surface area contributed by atoms with E-state index in [4.69, 9.17) is 0 Å². The Kier molecular flexibility index (Phi) is 4.09. The monoisotopic (exact) mass is 269 g/mol. The highest BCUT2D eigenvalue weighted by Crippen LogP contribution is 2.34. The van der Waals surface area contributed by atoms with Gasteiger partial charge in [0.2, 0.25) is 0 Å². The van der Waals surface area contributed by atoms with E-state index in [1.54, 1.807) is 0 Å². The van der Waals surface area contributed by atoms with Crippen molar-refractivity contribution in [1.29, 1.82) is 0 Å². The Bertz CT molecular complexity index is 545. The van der Waals surface area contributed by atoms with Crippen molar-refractivity contribution in [2.24, 2.45) is 0 Å². The fourth-order valence-corrected chi connectivity index (χ4v) is 2.32. The van der Waals surface area contributed by atoms with E-state index in [0.717, 1.165) is 5.82 Å². The zero-order chi connectivity index (χ0) is 14.8. The van der Waals surface area contributed by atoms with Crippen LogP contribution in [0.5, 0.6) is 0 Å². The molecule has 0 amide bonds.